The van der Waals surface area contributed by atoms with Crippen molar-refractivity contribution in [2.45, 2.75) is 0 Å². The van der Waals surface area contributed by atoms with Crippen LogP contribution in [0.4, 0.5) is 0 Å². The average Bonchev–Trinajstić information content (AvgIpc) is 3.30. The molecule has 0 aliphatic carbocycles. The fourth-order valence-electron chi connectivity index (χ4n) is 9.06. The molecule has 0 atom stereocenters. The molecule has 0 aliphatic heterocycles. The number of aromatic nitrogens is 4. The molecule has 0 aliphatic rings. The van der Waals surface area contributed by atoms with Crippen LogP contribution in [0.25, 0.3) is 121 Å². The third kappa shape index (κ3) is 5.09. The van der Waals surface area contributed by atoms with Crippen molar-refractivity contribution in [3.8, 4) is 56.4 Å². The molecule has 0 N–H and O–H groups in total. The van der Waals surface area contributed by atoms with Gasteiger partial charge in [-0.3, -0.25) is 4.98 Å². The van der Waals surface area contributed by atoms with E-state index >= 15 is 0 Å². The highest BCUT2D eigenvalue weighted by atomic mass is 15.0. The highest BCUT2D eigenvalue weighted by Gasteiger charge is 2.19. The monoisotopic (exact) mass is 736 g/mol. The Morgan fingerprint density at radius 2 is 0.776 bits per heavy atom. The molecule has 12 aromatic rings. The van der Waals surface area contributed by atoms with Crippen LogP contribution in [0, 0.1) is 0 Å². The Labute approximate surface area is 334 Å². The van der Waals surface area contributed by atoms with Crippen LogP contribution in [0.2, 0.25) is 0 Å². The number of benzene rings is 9. The molecule has 2 heterocycles. The minimum Gasteiger partial charge on any atom is -0.264 e. The number of fused-ring (bicyclic) bond motifs is 2. The van der Waals surface area contributed by atoms with Crippen molar-refractivity contribution in [1.29, 1.82) is 0 Å². The van der Waals surface area contributed by atoms with Crippen LogP contribution in [-0.2, 0) is 0 Å². The van der Waals surface area contributed by atoms with E-state index in [-0.39, 0.29) is 0 Å². The average molecular weight is 737 g/mol. The fraction of sp³-hybridized carbons (Fsp3) is 0. The first-order valence-electron chi connectivity index (χ1n) is 19.6. The van der Waals surface area contributed by atoms with Gasteiger partial charge in [0.25, 0.3) is 0 Å². The Hall–Kier alpha value is -7.82. The number of pyridine rings is 1. The third-order valence-electron chi connectivity index (χ3n) is 11.7. The Bertz CT molecular complexity index is 3540. The Morgan fingerprint density at radius 3 is 1.40 bits per heavy atom. The minimum atomic E-state index is 0.621. The Balaban J connectivity index is 1.12. The van der Waals surface area contributed by atoms with E-state index in [1.165, 1.54) is 64.6 Å². The van der Waals surface area contributed by atoms with Crippen LogP contribution in [0.3, 0.4) is 0 Å². The lowest BCUT2D eigenvalue weighted by Crippen LogP contribution is -2.01. The molecule has 0 radical (unpaired) electrons. The van der Waals surface area contributed by atoms with Crippen molar-refractivity contribution in [2.24, 2.45) is 0 Å². The van der Waals surface area contributed by atoms with Crippen molar-refractivity contribution in [1.82, 2.24) is 19.9 Å². The van der Waals surface area contributed by atoms with Gasteiger partial charge in [0.1, 0.15) is 0 Å². The molecule has 0 saturated heterocycles. The predicted octanol–water partition coefficient (Wildman–Crippen LogP) is 14.0. The predicted molar refractivity (Wildman–Crippen MR) is 241 cm³/mol. The molecule has 58 heavy (non-hydrogen) atoms. The Kier molecular flexibility index (Phi) is 7.20. The van der Waals surface area contributed by atoms with Gasteiger partial charge in [-0.15, -0.1) is 0 Å². The molecule has 0 fully saturated rings. The molecule has 0 unspecified atom stereocenters. The van der Waals surface area contributed by atoms with Crippen LogP contribution in [0.1, 0.15) is 0 Å². The molecule has 0 spiro atoms. The first-order valence-corrected chi connectivity index (χ1v) is 19.6. The molecular weight excluding hydrogens is 705 g/mol. The van der Waals surface area contributed by atoms with Crippen LogP contribution in [-0.4, -0.2) is 19.9 Å². The van der Waals surface area contributed by atoms with E-state index in [9.17, 15) is 0 Å². The smallest absolute Gasteiger partial charge is 0.164 e. The normalized spacial score (nSPS) is 11.8. The topological polar surface area (TPSA) is 51.6 Å². The van der Waals surface area contributed by atoms with Gasteiger partial charge < -0.3 is 0 Å². The van der Waals surface area contributed by atoms with Crippen molar-refractivity contribution in [3.05, 3.63) is 194 Å². The number of rotatable bonds is 5. The van der Waals surface area contributed by atoms with E-state index in [0.717, 1.165) is 38.9 Å². The summed E-state index contributed by atoms with van der Waals surface area (Å²) >= 11 is 0. The SMILES string of the molecule is c1ccc(-c2nc(-c3ccc(-c4cccnc4)cc3)nc(-c3ccccc3-c3cc4ccc5cccc6c7cccc8ccc9cccc(c(c3)c4c56)c9c87)n2)cc1. The molecule has 0 bridgehead atoms. The summed E-state index contributed by atoms with van der Waals surface area (Å²) in [5.74, 6) is 1.88. The minimum absolute atomic E-state index is 0.621. The summed E-state index contributed by atoms with van der Waals surface area (Å²) in [6, 6.07) is 65.2. The maximum absolute atomic E-state index is 5.22. The van der Waals surface area contributed by atoms with E-state index in [2.05, 4.69) is 163 Å². The summed E-state index contributed by atoms with van der Waals surface area (Å²) in [5.41, 5.74) is 7.11. The molecule has 12 rings (SSSR count). The van der Waals surface area contributed by atoms with Crippen molar-refractivity contribution < 1.29 is 0 Å². The first kappa shape index (κ1) is 32.4. The lowest BCUT2D eigenvalue weighted by molar-refractivity contribution is 1.07. The van der Waals surface area contributed by atoms with Gasteiger partial charge >= 0.3 is 0 Å². The zero-order chi connectivity index (χ0) is 38.2. The summed E-state index contributed by atoms with van der Waals surface area (Å²) in [6.07, 6.45) is 3.67. The van der Waals surface area contributed by atoms with Crippen LogP contribution in [0.15, 0.2) is 194 Å². The maximum Gasteiger partial charge on any atom is 0.164 e. The molecular formula is C54H32N4. The highest BCUT2D eigenvalue weighted by molar-refractivity contribution is 6.37. The molecule has 4 nitrogen and oxygen atoms in total. The number of hydrogen-bond donors (Lipinski definition) is 0. The second kappa shape index (κ2) is 12.9. The zero-order valence-corrected chi connectivity index (χ0v) is 31.3. The van der Waals surface area contributed by atoms with Crippen LogP contribution < -0.4 is 0 Å². The van der Waals surface area contributed by atoms with Gasteiger partial charge in [0, 0.05) is 29.1 Å². The largest absolute Gasteiger partial charge is 0.264 e. The summed E-state index contributed by atoms with van der Waals surface area (Å²) < 4.78 is 0. The quantitative estimate of drug-likeness (QED) is 0.165. The molecule has 4 heteroatoms. The summed E-state index contributed by atoms with van der Waals surface area (Å²) in [7, 11) is 0. The summed E-state index contributed by atoms with van der Waals surface area (Å²) in [6.45, 7) is 0. The van der Waals surface area contributed by atoms with Gasteiger partial charge in [-0.2, -0.15) is 0 Å². The molecule has 0 amide bonds. The summed E-state index contributed by atoms with van der Waals surface area (Å²) in [5, 5.41) is 15.1. The zero-order valence-electron chi connectivity index (χ0n) is 31.3. The van der Waals surface area contributed by atoms with Crippen molar-refractivity contribution in [3.63, 3.8) is 0 Å². The van der Waals surface area contributed by atoms with Gasteiger partial charge in [-0.25, -0.2) is 15.0 Å². The second-order valence-electron chi connectivity index (χ2n) is 15.0. The van der Waals surface area contributed by atoms with E-state index < -0.39 is 0 Å². The van der Waals surface area contributed by atoms with Crippen LogP contribution >= 0.6 is 0 Å². The molecule has 268 valence electrons. The maximum atomic E-state index is 5.22. The van der Waals surface area contributed by atoms with Gasteiger partial charge in [0.2, 0.25) is 0 Å². The standard InChI is InChI=1S/C54H32N4/c1-2-10-37(11-3-1)52-56-53(38-26-21-33(22-27-38)40-15-9-29-55-32-40)58-54(57-52)46-17-5-4-16-42(46)41-30-39-28-25-36-13-7-19-44-43-18-6-12-34-23-24-35-14-8-20-45(50(35)48(34)43)47(31-41)51(39)49(36)44/h1-32H. The first-order chi connectivity index (χ1) is 28.7. The van der Waals surface area contributed by atoms with Crippen LogP contribution in [0.5, 0.6) is 0 Å². The summed E-state index contributed by atoms with van der Waals surface area (Å²) in [4.78, 5) is 19.8. The molecule has 0 saturated carbocycles. The van der Waals surface area contributed by atoms with E-state index in [0.29, 0.717) is 17.5 Å². The third-order valence-corrected chi connectivity index (χ3v) is 11.7. The lowest BCUT2D eigenvalue weighted by Gasteiger charge is -2.18. The molecule has 10 aromatic carbocycles. The number of nitrogens with zero attached hydrogens (tertiary/aromatic N) is 4. The Morgan fingerprint density at radius 1 is 0.276 bits per heavy atom. The highest BCUT2D eigenvalue weighted by Crippen LogP contribution is 2.45. The van der Waals surface area contributed by atoms with E-state index in [1.54, 1.807) is 6.20 Å². The van der Waals surface area contributed by atoms with Gasteiger partial charge in [0.05, 0.1) is 0 Å². The van der Waals surface area contributed by atoms with Gasteiger partial charge in [0.15, 0.2) is 17.5 Å². The van der Waals surface area contributed by atoms with Crippen molar-refractivity contribution >= 4 is 64.6 Å². The second-order valence-corrected chi connectivity index (χ2v) is 15.0. The van der Waals surface area contributed by atoms with Gasteiger partial charge in [-0.1, -0.05) is 164 Å². The fourth-order valence-corrected chi connectivity index (χ4v) is 9.06. The number of hydrogen-bond acceptors (Lipinski definition) is 4. The lowest BCUT2D eigenvalue weighted by atomic mass is 9.86. The van der Waals surface area contributed by atoms with E-state index in [4.69, 9.17) is 15.0 Å². The van der Waals surface area contributed by atoms with Gasteiger partial charge in [-0.05, 0) is 105 Å². The van der Waals surface area contributed by atoms with E-state index in [1.807, 2.05) is 30.5 Å². The molecule has 2 aromatic heterocycles. The van der Waals surface area contributed by atoms with Crippen molar-refractivity contribution in [2.75, 3.05) is 0 Å².